The SMILES string of the molecule is CCOc1cc(/C=N/NC(=O)C(=O)Nc2ccccc2Cl)ccc1OCc1ccccc1F. The quantitative estimate of drug-likeness (QED) is 0.288. The Morgan fingerprint density at radius 3 is 2.52 bits per heavy atom. The summed E-state index contributed by atoms with van der Waals surface area (Å²) in [7, 11) is 0. The lowest BCUT2D eigenvalue weighted by molar-refractivity contribution is -0.136. The van der Waals surface area contributed by atoms with Crippen molar-refractivity contribution in [2.45, 2.75) is 13.5 Å². The summed E-state index contributed by atoms with van der Waals surface area (Å²) in [6.45, 7) is 2.24. The van der Waals surface area contributed by atoms with E-state index in [9.17, 15) is 14.0 Å². The molecule has 9 heteroatoms. The summed E-state index contributed by atoms with van der Waals surface area (Å²) in [6.07, 6.45) is 1.35. The van der Waals surface area contributed by atoms with E-state index < -0.39 is 11.8 Å². The standard InChI is InChI=1S/C24H21ClFN3O4/c1-2-32-22-13-16(11-12-21(22)33-15-17-7-3-5-9-19(17)26)14-27-29-24(31)23(30)28-20-10-6-4-8-18(20)25/h3-14H,2,15H2,1H3,(H,28,30)(H,29,31)/b27-14+. The number of carbonyl (C=O) groups excluding carboxylic acids is 2. The molecule has 0 heterocycles. The summed E-state index contributed by atoms with van der Waals surface area (Å²) >= 11 is 5.96. The molecule has 0 unspecified atom stereocenters. The van der Waals surface area contributed by atoms with Gasteiger partial charge < -0.3 is 14.8 Å². The van der Waals surface area contributed by atoms with Gasteiger partial charge in [0.15, 0.2) is 11.5 Å². The molecule has 0 aliphatic rings. The van der Waals surface area contributed by atoms with E-state index in [-0.39, 0.29) is 12.4 Å². The Bertz CT molecular complexity index is 1170. The molecule has 0 aliphatic heterocycles. The lowest BCUT2D eigenvalue weighted by Gasteiger charge is -2.13. The van der Waals surface area contributed by atoms with Gasteiger partial charge in [-0.3, -0.25) is 9.59 Å². The highest BCUT2D eigenvalue weighted by Crippen LogP contribution is 2.29. The van der Waals surface area contributed by atoms with E-state index in [1.165, 1.54) is 12.3 Å². The Morgan fingerprint density at radius 1 is 1.00 bits per heavy atom. The molecule has 2 N–H and O–H groups in total. The number of hydrogen-bond donors (Lipinski definition) is 2. The van der Waals surface area contributed by atoms with Crippen LogP contribution in [0.15, 0.2) is 71.8 Å². The predicted octanol–water partition coefficient (Wildman–Crippen LogP) is 4.55. The average Bonchev–Trinajstić information content (AvgIpc) is 2.81. The third-order valence-corrected chi connectivity index (χ3v) is 4.65. The van der Waals surface area contributed by atoms with Crippen LogP contribution in [0.2, 0.25) is 5.02 Å². The molecule has 0 aromatic heterocycles. The number of rotatable bonds is 8. The van der Waals surface area contributed by atoms with E-state index in [1.807, 2.05) is 6.92 Å². The van der Waals surface area contributed by atoms with Gasteiger partial charge in [-0.15, -0.1) is 0 Å². The van der Waals surface area contributed by atoms with E-state index in [4.69, 9.17) is 21.1 Å². The van der Waals surface area contributed by atoms with Gasteiger partial charge in [0.1, 0.15) is 12.4 Å². The normalized spacial score (nSPS) is 10.6. The first-order valence-electron chi connectivity index (χ1n) is 10.00. The Morgan fingerprint density at radius 2 is 1.76 bits per heavy atom. The number of para-hydroxylation sites is 1. The van der Waals surface area contributed by atoms with Crippen molar-refractivity contribution >= 4 is 35.3 Å². The van der Waals surface area contributed by atoms with Crippen LogP contribution in [0, 0.1) is 5.82 Å². The number of halogens is 2. The minimum atomic E-state index is -0.957. The van der Waals surface area contributed by atoms with Gasteiger partial charge in [-0.25, -0.2) is 9.82 Å². The number of benzene rings is 3. The molecule has 3 aromatic rings. The summed E-state index contributed by atoms with van der Waals surface area (Å²) in [5, 5.41) is 6.51. The predicted molar refractivity (Wildman–Crippen MR) is 124 cm³/mol. The monoisotopic (exact) mass is 469 g/mol. The Balaban J connectivity index is 1.61. The first-order valence-corrected chi connectivity index (χ1v) is 10.4. The number of ether oxygens (including phenoxy) is 2. The number of hydrogen-bond acceptors (Lipinski definition) is 5. The molecule has 3 aromatic carbocycles. The van der Waals surface area contributed by atoms with Gasteiger partial charge in [-0.05, 0) is 48.9 Å². The molecule has 0 spiro atoms. The first-order chi connectivity index (χ1) is 16.0. The summed E-state index contributed by atoms with van der Waals surface area (Å²) in [4.78, 5) is 23.9. The van der Waals surface area contributed by atoms with Crippen LogP contribution in [-0.4, -0.2) is 24.6 Å². The largest absolute Gasteiger partial charge is 0.490 e. The molecule has 3 rings (SSSR count). The molecule has 0 atom stereocenters. The number of nitrogens with zero attached hydrogens (tertiary/aromatic N) is 1. The zero-order chi connectivity index (χ0) is 23.6. The highest BCUT2D eigenvalue weighted by atomic mass is 35.5. The summed E-state index contributed by atoms with van der Waals surface area (Å²) in [6, 6.07) is 17.9. The molecule has 7 nitrogen and oxygen atoms in total. The van der Waals surface area contributed by atoms with Crippen LogP contribution in [0.1, 0.15) is 18.1 Å². The fourth-order valence-corrected chi connectivity index (χ4v) is 2.90. The summed E-state index contributed by atoms with van der Waals surface area (Å²) < 4.78 is 25.1. The maximum absolute atomic E-state index is 13.8. The molecule has 170 valence electrons. The minimum absolute atomic E-state index is 0.0385. The van der Waals surface area contributed by atoms with E-state index in [0.717, 1.165) is 0 Å². The minimum Gasteiger partial charge on any atom is -0.490 e. The van der Waals surface area contributed by atoms with Crippen molar-refractivity contribution < 1.29 is 23.5 Å². The van der Waals surface area contributed by atoms with E-state index in [0.29, 0.717) is 39.9 Å². The van der Waals surface area contributed by atoms with Crippen LogP contribution in [-0.2, 0) is 16.2 Å². The van der Waals surface area contributed by atoms with Gasteiger partial charge in [0.2, 0.25) is 0 Å². The van der Waals surface area contributed by atoms with E-state index in [2.05, 4.69) is 15.8 Å². The van der Waals surface area contributed by atoms with E-state index in [1.54, 1.807) is 60.7 Å². The molecule has 0 radical (unpaired) electrons. The maximum Gasteiger partial charge on any atom is 0.329 e. The topological polar surface area (TPSA) is 89.0 Å². The molecule has 2 amide bonds. The molecule has 0 saturated heterocycles. The second kappa shape index (κ2) is 11.6. The first kappa shape index (κ1) is 23.7. The van der Waals surface area contributed by atoms with Crippen LogP contribution < -0.4 is 20.2 Å². The number of anilines is 1. The highest BCUT2D eigenvalue weighted by Gasteiger charge is 2.14. The van der Waals surface area contributed by atoms with Gasteiger partial charge in [0, 0.05) is 5.56 Å². The van der Waals surface area contributed by atoms with Gasteiger partial charge in [-0.2, -0.15) is 5.10 Å². The third kappa shape index (κ3) is 6.78. The molecule has 0 aliphatic carbocycles. The Kier molecular flexibility index (Phi) is 8.37. The summed E-state index contributed by atoms with van der Waals surface area (Å²) in [5.41, 5.74) is 3.47. The second-order valence-electron chi connectivity index (χ2n) is 6.65. The highest BCUT2D eigenvalue weighted by molar-refractivity contribution is 6.41. The average molecular weight is 470 g/mol. The van der Waals surface area contributed by atoms with Crippen molar-refractivity contribution in [3.63, 3.8) is 0 Å². The molecule has 0 saturated carbocycles. The Labute approximate surface area is 195 Å². The fraction of sp³-hybridized carbons (Fsp3) is 0.125. The summed E-state index contributed by atoms with van der Waals surface area (Å²) in [5.74, 6) is -1.36. The van der Waals surface area contributed by atoms with Crippen LogP contribution in [0.4, 0.5) is 10.1 Å². The zero-order valence-corrected chi connectivity index (χ0v) is 18.4. The smallest absolute Gasteiger partial charge is 0.329 e. The van der Waals surface area contributed by atoms with Gasteiger partial charge in [0.25, 0.3) is 0 Å². The van der Waals surface area contributed by atoms with Crippen LogP contribution in [0.5, 0.6) is 11.5 Å². The van der Waals surface area contributed by atoms with E-state index >= 15 is 0 Å². The van der Waals surface area contributed by atoms with Crippen molar-refractivity contribution in [2.75, 3.05) is 11.9 Å². The number of nitrogens with one attached hydrogen (secondary N) is 2. The molecular formula is C24H21ClFN3O4. The molecule has 33 heavy (non-hydrogen) atoms. The number of hydrazone groups is 1. The van der Waals surface area contributed by atoms with Crippen LogP contribution in [0.3, 0.4) is 0 Å². The second-order valence-corrected chi connectivity index (χ2v) is 7.06. The van der Waals surface area contributed by atoms with Crippen molar-refractivity contribution in [2.24, 2.45) is 5.10 Å². The van der Waals surface area contributed by atoms with Crippen molar-refractivity contribution in [1.29, 1.82) is 0 Å². The van der Waals surface area contributed by atoms with Gasteiger partial charge in [-0.1, -0.05) is 41.9 Å². The van der Waals surface area contributed by atoms with Crippen molar-refractivity contribution in [1.82, 2.24) is 5.43 Å². The lowest BCUT2D eigenvalue weighted by Crippen LogP contribution is -2.32. The molecule has 0 fully saturated rings. The van der Waals surface area contributed by atoms with Crippen LogP contribution in [0.25, 0.3) is 0 Å². The maximum atomic E-state index is 13.8. The Hall–Kier alpha value is -3.91. The zero-order valence-electron chi connectivity index (χ0n) is 17.7. The molecular weight excluding hydrogens is 449 g/mol. The lowest BCUT2D eigenvalue weighted by atomic mass is 10.2. The van der Waals surface area contributed by atoms with Crippen molar-refractivity contribution in [3.05, 3.63) is 88.7 Å². The van der Waals surface area contributed by atoms with Crippen molar-refractivity contribution in [3.8, 4) is 11.5 Å². The van der Waals surface area contributed by atoms with Gasteiger partial charge in [0.05, 0.1) is 23.5 Å². The van der Waals surface area contributed by atoms with Gasteiger partial charge >= 0.3 is 11.8 Å². The number of carbonyl (C=O) groups is 2. The third-order valence-electron chi connectivity index (χ3n) is 4.32. The molecule has 0 bridgehead atoms. The fourth-order valence-electron chi connectivity index (χ4n) is 2.72. The van der Waals surface area contributed by atoms with Crippen LogP contribution >= 0.6 is 11.6 Å². The number of amides is 2.